The highest BCUT2D eigenvalue weighted by Crippen LogP contribution is 2.37. The predicted molar refractivity (Wildman–Crippen MR) is 113 cm³/mol. The van der Waals surface area contributed by atoms with Crippen molar-refractivity contribution < 1.29 is 9.53 Å². The zero-order valence-electron chi connectivity index (χ0n) is 16.7. The Labute approximate surface area is 166 Å². The number of aryl methyl sites for hydroxylation is 1. The molecular weight excluding hydrogens is 348 g/mol. The first-order valence-corrected chi connectivity index (χ1v) is 9.41. The normalized spacial score (nSPS) is 10.7. The molecule has 0 spiro atoms. The first kappa shape index (κ1) is 19.4. The lowest BCUT2D eigenvalue weighted by Crippen LogP contribution is -2.10. The molecule has 0 N–H and O–H groups in total. The van der Waals surface area contributed by atoms with Gasteiger partial charge >= 0.3 is 5.97 Å². The number of hydrogen-bond donors (Lipinski definition) is 0. The maximum atomic E-state index is 12.4. The van der Waals surface area contributed by atoms with Gasteiger partial charge in [0.15, 0.2) is 0 Å². The van der Waals surface area contributed by atoms with Crippen LogP contribution in [-0.4, -0.2) is 17.1 Å². The van der Waals surface area contributed by atoms with Gasteiger partial charge in [-0.15, -0.1) is 0 Å². The van der Waals surface area contributed by atoms with Gasteiger partial charge in [-0.3, -0.25) is 0 Å². The Bertz CT molecular complexity index is 1040. The SMILES string of the molecule is [C-]#[N+]c1cn(C)c(C(=O)OCC)c1-c1ccc(-c2cccc(C(C)C)c2)cc1. The Morgan fingerprint density at radius 1 is 1.11 bits per heavy atom. The fourth-order valence-electron chi connectivity index (χ4n) is 3.33. The Morgan fingerprint density at radius 3 is 2.39 bits per heavy atom. The van der Waals surface area contributed by atoms with Crippen LogP contribution in [0.5, 0.6) is 0 Å². The summed E-state index contributed by atoms with van der Waals surface area (Å²) in [7, 11) is 1.76. The molecule has 3 rings (SSSR count). The molecule has 3 aromatic rings. The van der Waals surface area contributed by atoms with Crippen LogP contribution in [0.4, 0.5) is 5.69 Å². The fourth-order valence-corrected chi connectivity index (χ4v) is 3.33. The largest absolute Gasteiger partial charge is 0.461 e. The number of rotatable bonds is 5. The van der Waals surface area contributed by atoms with Crippen LogP contribution in [0.3, 0.4) is 0 Å². The molecule has 142 valence electrons. The highest BCUT2D eigenvalue weighted by Gasteiger charge is 2.22. The average Bonchev–Trinajstić information content (AvgIpc) is 3.04. The molecular formula is C24H24N2O2. The van der Waals surface area contributed by atoms with E-state index in [0.29, 0.717) is 29.5 Å². The van der Waals surface area contributed by atoms with E-state index in [2.05, 4.69) is 43.0 Å². The van der Waals surface area contributed by atoms with E-state index >= 15 is 0 Å². The van der Waals surface area contributed by atoms with Gasteiger partial charge in [-0.05, 0) is 35.1 Å². The summed E-state index contributed by atoms with van der Waals surface area (Å²) in [6.07, 6.45) is 1.68. The fraction of sp³-hybridized carbons (Fsp3) is 0.250. The number of esters is 1. The second-order valence-electron chi connectivity index (χ2n) is 7.04. The molecule has 0 aliphatic rings. The van der Waals surface area contributed by atoms with E-state index in [9.17, 15) is 4.79 Å². The van der Waals surface area contributed by atoms with Crippen LogP contribution < -0.4 is 0 Å². The maximum absolute atomic E-state index is 12.4. The number of benzene rings is 2. The molecule has 2 aromatic carbocycles. The summed E-state index contributed by atoms with van der Waals surface area (Å²) in [6, 6.07) is 16.5. The van der Waals surface area contributed by atoms with E-state index in [0.717, 1.165) is 16.7 Å². The van der Waals surface area contributed by atoms with Crippen molar-refractivity contribution in [3.8, 4) is 22.3 Å². The minimum Gasteiger partial charge on any atom is -0.461 e. The molecule has 0 amide bonds. The van der Waals surface area contributed by atoms with Crippen LogP contribution in [0.2, 0.25) is 0 Å². The van der Waals surface area contributed by atoms with Crippen LogP contribution in [0.15, 0.2) is 54.7 Å². The molecule has 4 nitrogen and oxygen atoms in total. The number of nitrogens with zero attached hydrogens (tertiary/aromatic N) is 2. The summed E-state index contributed by atoms with van der Waals surface area (Å²) >= 11 is 0. The number of aromatic nitrogens is 1. The molecule has 0 atom stereocenters. The lowest BCUT2D eigenvalue weighted by molar-refractivity contribution is 0.0516. The Morgan fingerprint density at radius 2 is 1.79 bits per heavy atom. The van der Waals surface area contributed by atoms with E-state index in [-0.39, 0.29) is 0 Å². The summed E-state index contributed by atoms with van der Waals surface area (Å²) in [5.41, 5.74) is 5.86. The van der Waals surface area contributed by atoms with Crippen molar-refractivity contribution in [3.05, 3.63) is 77.4 Å². The summed E-state index contributed by atoms with van der Waals surface area (Å²) in [6.45, 7) is 13.9. The van der Waals surface area contributed by atoms with Crippen molar-refractivity contribution in [2.45, 2.75) is 26.7 Å². The van der Waals surface area contributed by atoms with Crippen LogP contribution in [0.1, 0.15) is 42.7 Å². The quantitative estimate of drug-likeness (QED) is 0.394. The van der Waals surface area contributed by atoms with E-state index < -0.39 is 5.97 Å². The lowest BCUT2D eigenvalue weighted by atomic mass is 9.96. The standard InChI is InChI=1S/C24H24N2O2/c1-6-28-24(27)23-22(21(25-4)15-26(23)5)18-12-10-17(11-13-18)20-9-7-8-19(14-20)16(2)3/h7-16H,6H2,1-3,5H3. The Kier molecular flexibility index (Phi) is 5.65. The molecule has 0 saturated heterocycles. The van der Waals surface area contributed by atoms with E-state index in [1.165, 1.54) is 5.56 Å². The maximum Gasteiger partial charge on any atom is 0.354 e. The van der Waals surface area contributed by atoms with Crippen molar-refractivity contribution in [1.82, 2.24) is 4.57 Å². The van der Waals surface area contributed by atoms with Gasteiger partial charge in [0.1, 0.15) is 5.69 Å². The summed E-state index contributed by atoms with van der Waals surface area (Å²) < 4.78 is 6.86. The van der Waals surface area contributed by atoms with Crippen LogP contribution in [-0.2, 0) is 11.8 Å². The van der Waals surface area contributed by atoms with Gasteiger partial charge in [0.2, 0.25) is 5.69 Å². The van der Waals surface area contributed by atoms with Crippen molar-refractivity contribution in [1.29, 1.82) is 0 Å². The number of carbonyl (C=O) groups is 1. The predicted octanol–water partition coefficient (Wildman–Crippen LogP) is 6.21. The molecule has 0 unspecified atom stereocenters. The monoisotopic (exact) mass is 372 g/mol. The van der Waals surface area contributed by atoms with Crippen molar-refractivity contribution in [2.24, 2.45) is 7.05 Å². The molecule has 0 fully saturated rings. The first-order chi connectivity index (χ1) is 13.5. The zero-order chi connectivity index (χ0) is 20.3. The van der Waals surface area contributed by atoms with E-state index in [4.69, 9.17) is 11.3 Å². The van der Waals surface area contributed by atoms with Gasteiger partial charge in [-0.2, -0.15) is 0 Å². The van der Waals surface area contributed by atoms with Crippen molar-refractivity contribution in [2.75, 3.05) is 6.61 Å². The van der Waals surface area contributed by atoms with Crippen molar-refractivity contribution in [3.63, 3.8) is 0 Å². The third-order valence-electron chi connectivity index (χ3n) is 4.81. The number of ether oxygens (including phenoxy) is 1. The second-order valence-corrected chi connectivity index (χ2v) is 7.04. The van der Waals surface area contributed by atoms with Gasteiger partial charge in [-0.1, -0.05) is 62.4 Å². The first-order valence-electron chi connectivity index (χ1n) is 9.41. The summed E-state index contributed by atoms with van der Waals surface area (Å²) in [4.78, 5) is 16.0. The van der Waals surface area contributed by atoms with Crippen molar-refractivity contribution >= 4 is 11.7 Å². The second kappa shape index (κ2) is 8.14. The van der Waals surface area contributed by atoms with Gasteiger partial charge in [0.05, 0.1) is 13.2 Å². The Balaban J connectivity index is 2.04. The molecule has 0 aliphatic carbocycles. The molecule has 1 aromatic heterocycles. The third kappa shape index (κ3) is 3.70. The number of carbonyl (C=O) groups excluding carboxylic acids is 1. The number of hydrogen-bond acceptors (Lipinski definition) is 2. The highest BCUT2D eigenvalue weighted by molar-refractivity contribution is 6.00. The van der Waals surface area contributed by atoms with Gasteiger partial charge in [-0.25, -0.2) is 9.64 Å². The lowest BCUT2D eigenvalue weighted by Gasteiger charge is -2.10. The van der Waals surface area contributed by atoms with Crippen LogP contribution in [0.25, 0.3) is 27.1 Å². The average molecular weight is 372 g/mol. The molecule has 0 radical (unpaired) electrons. The molecule has 4 heteroatoms. The van der Waals surface area contributed by atoms with Crippen LogP contribution >= 0.6 is 0 Å². The van der Waals surface area contributed by atoms with Gasteiger partial charge in [0, 0.05) is 18.8 Å². The Hall–Kier alpha value is -3.32. The highest BCUT2D eigenvalue weighted by atomic mass is 16.5. The molecule has 0 aliphatic heterocycles. The molecule has 0 saturated carbocycles. The van der Waals surface area contributed by atoms with E-state index in [1.807, 2.05) is 24.3 Å². The summed E-state index contributed by atoms with van der Waals surface area (Å²) in [5, 5.41) is 0. The topological polar surface area (TPSA) is 35.6 Å². The summed E-state index contributed by atoms with van der Waals surface area (Å²) in [5.74, 6) is 0.0560. The molecule has 1 heterocycles. The van der Waals surface area contributed by atoms with Gasteiger partial charge < -0.3 is 9.30 Å². The zero-order valence-corrected chi connectivity index (χ0v) is 16.7. The molecule has 28 heavy (non-hydrogen) atoms. The van der Waals surface area contributed by atoms with E-state index in [1.54, 1.807) is 24.7 Å². The molecule has 0 bridgehead atoms. The third-order valence-corrected chi connectivity index (χ3v) is 4.81. The smallest absolute Gasteiger partial charge is 0.354 e. The van der Waals surface area contributed by atoms with Crippen LogP contribution in [0, 0.1) is 6.57 Å². The minimum atomic E-state index is -0.413. The minimum absolute atomic E-state index is 0.294. The van der Waals surface area contributed by atoms with Gasteiger partial charge in [0.25, 0.3) is 0 Å².